The van der Waals surface area contributed by atoms with Crippen molar-refractivity contribution in [3.63, 3.8) is 0 Å². The fourth-order valence-corrected chi connectivity index (χ4v) is 1.74. The SMILES string of the molecule is CCNC(C)c1cc(F)ccc1OCCN(C)C. The molecule has 0 aliphatic carbocycles. The van der Waals surface area contributed by atoms with Crippen LogP contribution in [-0.2, 0) is 0 Å². The molecule has 0 fully saturated rings. The lowest BCUT2D eigenvalue weighted by Gasteiger charge is -2.18. The van der Waals surface area contributed by atoms with Crippen molar-refractivity contribution in [3.05, 3.63) is 29.6 Å². The van der Waals surface area contributed by atoms with Gasteiger partial charge >= 0.3 is 0 Å². The van der Waals surface area contributed by atoms with Crippen LogP contribution >= 0.6 is 0 Å². The van der Waals surface area contributed by atoms with Crippen LogP contribution in [0, 0.1) is 5.82 Å². The zero-order valence-corrected chi connectivity index (χ0v) is 11.7. The van der Waals surface area contributed by atoms with Crippen LogP contribution < -0.4 is 10.1 Å². The molecule has 1 aromatic carbocycles. The minimum absolute atomic E-state index is 0.0834. The predicted octanol–water partition coefficient (Wildman–Crippen LogP) is 2.44. The van der Waals surface area contributed by atoms with E-state index in [1.165, 1.54) is 6.07 Å². The highest BCUT2D eigenvalue weighted by atomic mass is 19.1. The molecule has 0 radical (unpaired) electrons. The van der Waals surface area contributed by atoms with Crippen molar-refractivity contribution in [1.29, 1.82) is 0 Å². The van der Waals surface area contributed by atoms with Crippen molar-refractivity contribution in [2.45, 2.75) is 19.9 Å². The Morgan fingerprint density at radius 3 is 2.72 bits per heavy atom. The molecule has 3 nitrogen and oxygen atoms in total. The van der Waals surface area contributed by atoms with E-state index in [0.717, 1.165) is 24.4 Å². The molecule has 1 rings (SSSR count). The maximum absolute atomic E-state index is 13.3. The Kier molecular flexibility index (Phi) is 6.09. The molecule has 102 valence electrons. The number of likely N-dealkylation sites (N-methyl/N-ethyl adjacent to an activating group) is 1. The van der Waals surface area contributed by atoms with Crippen molar-refractivity contribution < 1.29 is 9.13 Å². The second kappa shape index (κ2) is 7.34. The summed E-state index contributed by atoms with van der Waals surface area (Å²) in [4.78, 5) is 2.05. The number of benzene rings is 1. The molecular formula is C14H23FN2O. The van der Waals surface area contributed by atoms with Crippen LogP contribution in [0.1, 0.15) is 25.5 Å². The molecule has 18 heavy (non-hydrogen) atoms. The Labute approximate surface area is 109 Å². The van der Waals surface area contributed by atoms with Crippen molar-refractivity contribution in [3.8, 4) is 5.75 Å². The van der Waals surface area contributed by atoms with E-state index in [2.05, 4.69) is 10.2 Å². The topological polar surface area (TPSA) is 24.5 Å². The zero-order chi connectivity index (χ0) is 13.5. The first-order chi connectivity index (χ1) is 8.54. The van der Waals surface area contributed by atoms with E-state index in [0.29, 0.717) is 6.61 Å². The van der Waals surface area contributed by atoms with Gasteiger partial charge in [-0.3, -0.25) is 0 Å². The largest absolute Gasteiger partial charge is 0.492 e. The van der Waals surface area contributed by atoms with E-state index in [1.807, 2.05) is 27.9 Å². The maximum Gasteiger partial charge on any atom is 0.124 e. The summed E-state index contributed by atoms with van der Waals surface area (Å²) < 4.78 is 19.0. The van der Waals surface area contributed by atoms with Gasteiger partial charge in [-0.05, 0) is 45.8 Å². The average molecular weight is 254 g/mol. The van der Waals surface area contributed by atoms with Crippen LogP contribution in [0.4, 0.5) is 4.39 Å². The standard InChI is InChI=1S/C14H23FN2O/c1-5-16-11(2)13-10-12(15)6-7-14(13)18-9-8-17(3)4/h6-7,10-11,16H,5,8-9H2,1-4H3. The van der Waals surface area contributed by atoms with Gasteiger partial charge in [0, 0.05) is 18.2 Å². The number of nitrogens with zero attached hydrogens (tertiary/aromatic N) is 1. The summed E-state index contributed by atoms with van der Waals surface area (Å²) in [7, 11) is 3.99. The fraction of sp³-hybridized carbons (Fsp3) is 0.571. The first-order valence-corrected chi connectivity index (χ1v) is 6.35. The lowest BCUT2D eigenvalue weighted by Crippen LogP contribution is -2.21. The van der Waals surface area contributed by atoms with Crippen LogP contribution in [-0.4, -0.2) is 38.7 Å². The lowest BCUT2D eigenvalue weighted by atomic mass is 10.1. The second-order valence-electron chi connectivity index (χ2n) is 4.61. The predicted molar refractivity (Wildman–Crippen MR) is 72.5 cm³/mol. The molecule has 0 aromatic heterocycles. The van der Waals surface area contributed by atoms with Crippen LogP contribution in [0.25, 0.3) is 0 Å². The summed E-state index contributed by atoms with van der Waals surface area (Å²) >= 11 is 0. The normalized spacial score (nSPS) is 12.8. The van der Waals surface area contributed by atoms with Crippen LogP contribution in [0.3, 0.4) is 0 Å². The first-order valence-electron chi connectivity index (χ1n) is 6.35. The monoisotopic (exact) mass is 254 g/mol. The quantitative estimate of drug-likeness (QED) is 0.809. The highest BCUT2D eigenvalue weighted by molar-refractivity contribution is 5.36. The van der Waals surface area contributed by atoms with E-state index >= 15 is 0 Å². The van der Waals surface area contributed by atoms with E-state index in [4.69, 9.17) is 4.74 Å². The average Bonchev–Trinajstić information content (AvgIpc) is 2.31. The van der Waals surface area contributed by atoms with Gasteiger partial charge in [0.15, 0.2) is 0 Å². The van der Waals surface area contributed by atoms with Gasteiger partial charge in [-0.25, -0.2) is 4.39 Å². The lowest BCUT2D eigenvalue weighted by molar-refractivity contribution is 0.257. The minimum atomic E-state index is -0.227. The number of hydrogen-bond acceptors (Lipinski definition) is 3. The molecule has 0 heterocycles. The number of halogens is 1. The summed E-state index contributed by atoms with van der Waals surface area (Å²) in [6.45, 7) is 6.32. The van der Waals surface area contributed by atoms with E-state index < -0.39 is 0 Å². The maximum atomic E-state index is 13.3. The molecule has 1 N–H and O–H groups in total. The molecule has 1 aromatic rings. The van der Waals surface area contributed by atoms with Gasteiger partial charge in [0.05, 0.1) is 0 Å². The van der Waals surface area contributed by atoms with Crippen LogP contribution in [0.15, 0.2) is 18.2 Å². The molecule has 0 bridgehead atoms. The Bertz CT molecular complexity index is 369. The van der Waals surface area contributed by atoms with Crippen LogP contribution in [0.2, 0.25) is 0 Å². The number of hydrogen-bond donors (Lipinski definition) is 1. The van der Waals surface area contributed by atoms with Gasteiger partial charge in [0.25, 0.3) is 0 Å². The van der Waals surface area contributed by atoms with Gasteiger partial charge in [0.2, 0.25) is 0 Å². The molecule has 1 unspecified atom stereocenters. The van der Waals surface area contributed by atoms with Crippen molar-refractivity contribution >= 4 is 0 Å². The van der Waals surface area contributed by atoms with Gasteiger partial charge < -0.3 is 15.0 Å². The first kappa shape index (κ1) is 14.9. The summed E-state index contributed by atoms with van der Waals surface area (Å²) in [5.41, 5.74) is 0.871. The molecule has 1 atom stereocenters. The molecule has 0 amide bonds. The molecule has 0 saturated heterocycles. The Morgan fingerprint density at radius 1 is 1.39 bits per heavy atom. The van der Waals surface area contributed by atoms with E-state index in [9.17, 15) is 4.39 Å². The molecule has 0 saturated carbocycles. The number of nitrogens with one attached hydrogen (secondary N) is 1. The molecule has 0 spiro atoms. The van der Waals surface area contributed by atoms with Crippen molar-refractivity contribution in [2.75, 3.05) is 33.8 Å². The third-order valence-corrected chi connectivity index (χ3v) is 2.74. The molecular weight excluding hydrogens is 231 g/mol. The third-order valence-electron chi connectivity index (χ3n) is 2.74. The third kappa shape index (κ3) is 4.63. The number of rotatable bonds is 7. The molecule has 0 aliphatic rings. The smallest absolute Gasteiger partial charge is 0.124 e. The van der Waals surface area contributed by atoms with Gasteiger partial charge in [-0.15, -0.1) is 0 Å². The van der Waals surface area contributed by atoms with Crippen molar-refractivity contribution in [2.24, 2.45) is 0 Å². The van der Waals surface area contributed by atoms with E-state index in [1.54, 1.807) is 12.1 Å². The van der Waals surface area contributed by atoms with Gasteiger partial charge in [-0.1, -0.05) is 6.92 Å². The minimum Gasteiger partial charge on any atom is -0.492 e. The van der Waals surface area contributed by atoms with E-state index in [-0.39, 0.29) is 11.9 Å². The zero-order valence-electron chi connectivity index (χ0n) is 11.7. The Balaban J connectivity index is 2.76. The summed E-state index contributed by atoms with van der Waals surface area (Å²) in [6.07, 6.45) is 0. The Hall–Kier alpha value is -1.13. The summed E-state index contributed by atoms with van der Waals surface area (Å²) in [5, 5.41) is 3.27. The number of ether oxygens (including phenoxy) is 1. The summed E-state index contributed by atoms with van der Waals surface area (Å²) in [5.74, 6) is 0.529. The molecule has 4 heteroatoms. The highest BCUT2D eigenvalue weighted by Crippen LogP contribution is 2.26. The highest BCUT2D eigenvalue weighted by Gasteiger charge is 2.12. The van der Waals surface area contributed by atoms with Crippen molar-refractivity contribution in [1.82, 2.24) is 10.2 Å². The Morgan fingerprint density at radius 2 is 2.11 bits per heavy atom. The van der Waals surface area contributed by atoms with Crippen LogP contribution in [0.5, 0.6) is 5.75 Å². The fourth-order valence-electron chi connectivity index (χ4n) is 1.74. The van der Waals surface area contributed by atoms with Gasteiger partial charge in [0.1, 0.15) is 18.2 Å². The summed E-state index contributed by atoms with van der Waals surface area (Å²) in [6, 6.07) is 4.76. The second-order valence-corrected chi connectivity index (χ2v) is 4.61. The van der Waals surface area contributed by atoms with Gasteiger partial charge in [-0.2, -0.15) is 0 Å². The molecule has 0 aliphatic heterocycles.